The average Bonchev–Trinajstić information content (AvgIpc) is 2.61. The van der Waals surface area contributed by atoms with Gasteiger partial charge in [-0.2, -0.15) is 0 Å². The third-order valence-corrected chi connectivity index (χ3v) is 3.72. The lowest BCUT2D eigenvalue weighted by Crippen LogP contribution is -2.35. The maximum absolute atomic E-state index is 12.3. The molecule has 0 aliphatic rings. The largest absolute Gasteiger partial charge is 0.398 e. The molecule has 144 valence electrons. The van der Waals surface area contributed by atoms with Gasteiger partial charge in [0, 0.05) is 43.4 Å². The maximum atomic E-state index is 12.3. The van der Waals surface area contributed by atoms with Gasteiger partial charge in [0.2, 0.25) is 0 Å². The molecule has 2 aromatic rings. The Bertz CT molecular complexity index is 777. The van der Waals surface area contributed by atoms with Crippen LogP contribution < -0.4 is 16.4 Å². The number of carbonyl (C=O) groups is 1. The number of benzene rings is 1. The number of hydrogen-bond acceptors (Lipinski definition) is 5. The molecular formula is C18H30N6O2. The average molecular weight is 362 g/mol. The highest BCUT2D eigenvalue weighted by molar-refractivity contribution is 6.01. The van der Waals surface area contributed by atoms with Crippen molar-refractivity contribution in [2.24, 2.45) is 0 Å². The molecule has 0 fully saturated rings. The smallest absolute Gasteiger partial charge is 0.320 e. The Morgan fingerprint density at radius 3 is 2.65 bits per heavy atom. The number of nitrogens with one attached hydrogen (secondary N) is 3. The molecule has 0 bridgehead atoms. The first kappa shape index (κ1) is 19.2. The summed E-state index contributed by atoms with van der Waals surface area (Å²) in [6.07, 6.45) is 1.47. The Labute approximate surface area is 157 Å². The van der Waals surface area contributed by atoms with Crippen LogP contribution in [0.25, 0.3) is 0 Å². The Balaban J connectivity index is 0. The molecular weight excluding hydrogens is 332 g/mol. The fraction of sp³-hybridized carbons (Fsp3) is 0.278. The zero-order valence-electron chi connectivity index (χ0n) is 15.1. The van der Waals surface area contributed by atoms with Crippen LogP contribution >= 0.6 is 0 Å². The van der Waals surface area contributed by atoms with Gasteiger partial charge in [0.1, 0.15) is 11.7 Å². The van der Waals surface area contributed by atoms with Gasteiger partial charge < -0.3 is 20.7 Å². The van der Waals surface area contributed by atoms with Gasteiger partial charge in [0.25, 0.3) is 0 Å². The third kappa shape index (κ3) is 4.93. The number of nitrogens with two attached hydrogens (primary N) is 1. The van der Waals surface area contributed by atoms with Gasteiger partial charge >= 0.3 is 6.03 Å². The minimum atomic E-state index is -0.418. The van der Waals surface area contributed by atoms with E-state index in [4.69, 9.17) is 15.9 Å². The van der Waals surface area contributed by atoms with Crippen molar-refractivity contribution in [3.8, 4) is 0 Å². The third-order valence-electron chi connectivity index (χ3n) is 3.72. The topological polar surface area (TPSA) is 116 Å². The van der Waals surface area contributed by atoms with Gasteiger partial charge in [-0.3, -0.25) is 10.7 Å². The summed E-state index contributed by atoms with van der Waals surface area (Å²) in [4.78, 5) is 18.1. The SMILES string of the molecule is COC[C@@H](NC(=O)Nc1cc(N)c(C(=N)N(C)C)cn1)c1ccccc1.[HH].[HH].[HH]. The molecule has 0 saturated carbocycles. The monoisotopic (exact) mass is 362 g/mol. The van der Waals surface area contributed by atoms with Crippen LogP contribution in [0.2, 0.25) is 0 Å². The minimum absolute atomic E-state index is 0. The van der Waals surface area contributed by atoms with Gasteiger partial charge in [0.15, 0.2) is 0 Å². The molecule has 5 N–H and O–H groups in total. The van der Waals surface area contributed by atoms with Crippen LogP contribution in [0.5, 0.6) is 0 Å². The van der Waals surface area contributed by atoms with Crippen molar-refractivity contribution in [1.29, 1.82) is 5.41 Å². The van der Waals surface area contributed by atoms with Crippen LogP contribution in [0.1, 0.15) is 21.4 Å². The Morgan fingerprint density at radius 1 is 1.38 bits per heavy atom. The Morgan fingerprint density at radius 2 is 2.08 bits per heavy atom. The van der Waals surface area contributed by atoms with Crippen molar-refractivity contribution in [2.45, 2.75) is 6.04 Å². The van der Waals surface area contributed by atoms with Crippen LogP contribution in [-0.2, 0) is 4.74 Å². The quantitative estimate of drug-likeness (QED) is 0.466. The second-order valence-corrected chi connectivity index (χ2v) is 5.92. The number of urea groups is 1. The van der Waals surface area contributed by atoms with E-state index in [1.165, 1.54) is 12.3 Å². The van der Waals surface area contributed by atoms with Gasteiger partial charge in [-0.25, -0.2) is 9.78 Å². The molecule has 0 aliphatic carbocycles. The highest BCUT2D eigenvalue weighted by atomic mass is 16.5. The molecule has 0 saturated heterocycles. The number of pyridine rings is 1. The lowest BCUT2D eigenvalue weighted by Gasteiger charge is -2.19. The molecule has 0 unspecified atom stereocenters. The van der Waals surface area contributed by atoms with Crippen molar-refractivity contribution in [2.75, 3.05) is 38.9 Å². The first-order valence-electron chi connectivity index (χ1n) is 8.05. The maximum Gasteiger partial charge on any atom is 0.320 e. The van der Waals surface area contributed by atoms with E-state index in [0.29, 0.717) is 23.7 Å². The van der Waals surface area contributed by atoms with Crippen molar-refractivity contribution < 1.29 is 13.8 Å². The molecule has 0 spiro atoms. The zero-order chi connectivity index (χ0) is 19.1. The van der Waals surface area contributed by atoms with E-state index in [9.17, 15) is 4.79 Å². The normalized spacial score (nSPS) is 11.5. The number of nitrogen functional groups attached to an aromatic ring is 1. The van der Waals surface area contributed by atoms with Crippen LogP contribution in [0.3, 0.4) is 0 Å². The number of anilines is 2. The zero-order valence-corrected chi connectivity index (χ0v) is 15.1. The number of ether oxygens (including phenoxy) is 1. The molecule has 1 heterocycles. The van der Waals surface area contributed by atoms with Crippen LogP contribution in [0.4, 0.5) is 16.3 Å². The number of hydrogen-bond donors (Lipinski definition) is 4. The lowest BCUT2D eigenvalue weighted by molar-refractivity contribution is 0.168. The van der Waals surface area contributed by atoms with Gasteiger partial charge in [0.05, 0.1) is 18.2 Å². The first-order chi connectivity index (χ1) is 12.4. The number of nitrogens with zero attached hydrogens (tertiary/aromatic N) is 2. The summed E-state index contributed by atoms with van der Waals surface area (Å²) in [6.45, 7) is 0.339. The standard InChI is InChI=1S/C18H24N6O2.3H2/c1-24(2)17(20)13-10-21-16(9-14(13)19)23-18(25)22-15(11-26-3)12-7-5-4-6-8-12;;;/h4-10,15,20H,11H2,1-3H3,(H4,19,21,22,23,25);3*1H/t15-;;;/m1.../s1. The summed E-state index contributed by atoms with van der Waals surface area (Å²) in [5, 5.41) is 13.5. The highest BCUT2D eigenvalue weighted by Gasteiger charge is 2.15. The van der Waals surface area contributed by atoms with Gasteiger partial charge in [-0.15, -0.1) is 0 Å². The summed E-state index contributed by atoms with van der Waals surface area (Å²) in [6, 6.07) is 10.4. The van der Waals surface area contributed by atoms with E-state index >= 15 is 0 Å². The van der Waals surface area contributed by atoms with E-state index in [1.54, 1.807) is 26.1 Å². The fourth-order valence-electron chi connectivity index (χ4n) is 2.36. The summed E-state index contributed by atoms with van der Waals surface area (Å²) in [7, 11) is 5.08. The van der Waals surface area contributed by atoms with Gasteiger partial charge in [-0.05, 0) is 5.56 Å². The number of rotatable bonds is 6. The number of aromatic nitrogens is 1. The number of amides is 2. The summed E-state index contributed by atoms with van der Waals surface area (Å²) in [5.41, 5.74) is 7.78. The first-order valence-corrected chi connectivity index (χ1v) is 8.05. The van der Waals surface area contributed by atoms with E-state index in [-0.39, 0.29) is 16.2 Å². The molecule has 0 aliphatic heterocycles. The molecule has 26 heavy (non-hydrogen) atoms. The molecule has 8 nitrogen and oxygen atoms in total. The number of methoxy groups -OCH3 is 1. The van der Waals surface area contributed by atoms with Crippen molar-refractivity contribution in [1.82, 2.24) is 15.2 Å². The second-order valence-electron chi connectivity index (χ2n) is 5.92. The second kappa shape index (κ2) is 8.82. The summed E-state index contributed by atoms with van der Waals surface area (Å²) in [5.74, 6) is 0.551. The van der Waals surface area contributed by atoms with E-state index in [2.05, 4.69) is 15.6 Å². The fourth-order valence-corrected chi connectivity index (χ4v) is 2.36. The molecule has 1 aromatic carbocycles. The number of carbonyl (C=O) groups excluding carboxylic acids is 1. The molecule has 1 atom stereocenters. The molecule has 2 rings (SSSR count). The minimum Gasteiger partial charge on any atom is -0.398 e. The summed E-state index contributed by atoms with van der Waals surface area (Å²) >= 11 is 0. The molecule has 2 amide bonds. The Hall–Kier alpha value is -3.13. The van der Waals surface area contributed by atoms with Crippen LogP contribution in [-0.4, -0.2) is 49.6 Å². The number of amidine groups is 1. The van der Waals surface area contributed by atoms with E-state index in [1.807, 2.05) is 30.3 Å². The van der Waals surface area contributed by atoms with E-state index in [0.717, 1.165) is 5.56 Å². The van der Waals surface area contributed by atoms with E-state index < -0.39 is 6.03 Å². The predicted octanol–water partition coefficient (Wildman–Crippen LogP) is 2.80. The van der Waals surface area contributed by atoms with Crippen molar-refractivity contribution >= 4 is 23.4 Å². The van der Waals surface area contributed by atoms with Crippen LogP contribution in [0.15, 0.2) is 42.6 Å². The molecule has 1 aromatic heterocycles. The highest BCUT2D eigenvalue weighted by Crippen LogP contribution is 2.17. The summed E-state index contributed by atoms with van der Waals surface area (Å²) < 4.78 is 5.19. The van der Waals surface area contributed by atoms with Crippen molar-refractivity contribution in [3.05, 3.63) is 53.7 Å². The van der Waals surface area contributed by atoms with Crippen molar-refractivity contribution in [3.63, 3.8) is 0 Å². The van der Waals surface area contributed by atoms with Crippen LogP contribution in [0, 0.1) is 5.41 Å². The molecule has 8 heteroatoms. The lowest BCUT2D eigenvalue weighted by atomic mass is 10.1. The molecule has 0 radical (unpaired) electrons. The van der Waals surface area contributed by atoms with Gasteiger partial charge in [-0.1, -0.05) is 30.3 Å². The predicted molar refractivity (Wildman–Crippen MR) is 109 cm³/mol. The Kier molecular flexibility index (Phi) is 6.51.